The molecule has 2 N–H and O–H groups in total. The quantitative estimate of drug-likeness (QED) is 0.792. The van der Waals surface area contributed by atoms with Gasteiger partial charge >= 0.3 is 0 Å². The minimum absolute atomic E-state index is 0.559. The topological polar surface area (TPSA) is 51.8 Å². The lowest BCUT2D eigenvalue weighted by Gasteiger charge is -2.07. The summed E-state index contributed by atoms with van der Waals surface area (Å²) in [7, 11) is 0. The number of nitrogens with zero attached hydrogens (tertiary/aromatic N) is 2. The van der Waals surface area contributed by atoms with Gasteiger partial charge in [-0.25, -0.2) is 9.97 Å². The summed E-state index contributed by atoms with van der Waals surface area (Å²) in [4.78, 5) is 8.77. The molecular formula is C13H15N3. The molecule has 2 aromatic rings. The number of anilines is 1. The molecule has 0 amide bonds. The summed E-state index contributed by atoms with van der Waals surface area (Å²) >= 11 is 0. The second-order valence-electron chi connectivity index (χ2n) is 4.01. The van der Waals surface area contributed by atoms with Crippen LogP contribution in [-0.2, 0) is 0 Å². The normalized spacial score (nSPS) is 10.4. The lowest BCUT2D eigenvalue weighted by molar-refractivity contribution is 1.08. The van der Waals surface area contributed by atoms with Crippen molar-refractivity contribution in [2.24, 2.45) is 0 Å². The maximum Gasteiger partial charge on any atom is 0.161 e. The smallest absolute Gasteiger partial charge is 0.161 e. The van der Waals surface area contributed by atoms with Crippen molar-refractivity contribution in [3.63, 3.8) is 0 Å². The van der Waals surface area contributed by atoms with Crippen LogP contribution in [0.25, 0.3) is 11.4 Å². The van der Waals surface area contributed by atoms with Crippen molar-refractivity contribution in [1.82, 2.24) is 9.97 Å². The Hall–Kier alpha value is -1.90. The van der Waals surface area contributed by atoms with Crippen LogP contribution in [0.4, 0.5) is 5.82 Å². The van der Waals surface area contributed by atoms with Crippen LogP contribution in [0.2, 0.25) is 0 Å². The van der Waals surface area contributed by atoms with Gasteiger partial charge in [-0.3, -0.25) is 0 Å². The predicted molar refractivity (Wildman–Crippen MR) is 66.1 cm³/mol. The average molecular weight is 213 g/mol. The fourth-order valence-electron chi connectivity index (χ4n) is 1.56. The molecular weight excluding hydrogens is 198 g/mol. The van der Waals surface area contributed by atoms with Crippen molar-refractivity contribution in [1.29, 1.82) is 0 Å². The maximum absolute atomic E-state index is 5.85. The molecule has 1 aromatic carbocycles. The molecule has 0 aliphatic heterocycles. The van der Waals surface area contributed by atoms with E-state index in [1.165, 1.54) is 5.56 Å². The molecule has 1 heterocycles. The molecule has 0 unspecified atom stereocenters. The molecule has 3 heteroatoms. The van der Waals surface area contributed by atoms with Crippen LogP contribution in [0.3, 0.4) is 0 Å². The molecule has 0 spiro atoms. The minimum atomic E-state index is 0.559. The van der Waals surface area contributed by atoms with E-state index in [1.807, 2.05) is 39.0 Å². The van der Waals surface area contributed by atoms with Crippen molar-refractivity contribution >= 4 is 5.82 Å². The van der Waals surface area contributed by atoms with Crippen LogP contribution in [0.1, 0.15) is 16.8 Å². The van der Waals surface area contributed by atoms with Crippen LogP contribution < -0.4 is 5.73 Å². The molecule has 82 valence electrons. The van der Waals surface area contributed by atoms with Gasteiger partial charge in [0.25, 0.3) is 0 Å². The van der Waals surface area contributed by atoms with Gasteiger partial charge in [0.15, 0.2) is 5.82 Å². The summed E-state index contributed by atoms with van der Waals surface area (Å²) in [5.74, 6) is 1.26. The number of hydrogen-bond acceptors (Lipinski definition) is 3. The van der Waals surface area contributed by atoms with Crippen LogP contribution in [0.15, 0.2) is 24.3 Å². The van der Waals surface area contributed by atoms with E-state index in [4.69, 9.17) is 5.73 Å². The molecule has 1 aromatic heterocycles. The Labute approximate surface area is 95.4 Å². The summed E-state index contributed by atoms with van der Waals surface area (Å²) in [5, 5.41) is 0. The zero-order chi connectivity index (χ0) is 11.7. The fraction of sp³-hybridized carbons (Fsp3) is 0.231. The summed E-state index contributed by atoms with van der Waals surface area (Å²) in [6, 6.07) is 8.10. The Kier molecular flexibility index (Phi) is 2.60. The van der Waals surface area contributed by atoms with Gasteiger partial charge in [-0.1, -0.05) is 23.8 Å². The third kappa shape index (κ3) is 1.89. The monoisotopic (exact) mass is 213 g/mol. The zero-order valence-electron chi connectivity index (χ0n) is 9.78. The summed E-state index contributed by atoms with van der Waals surface area (Å²) in [6.45, 7) is 5.94. The Morgan fingerprint density at radius 1 is 1.06 bits per heavy atom. The molecule has 0 fully saturated rings. The highest BCUT2D eigenvalue weighted by Gasteiger charge is 2.06. The molecule has 3 nitrogen and oxygen atoms in total. The Bertz CT molecular complexity index is 509. The third-order valence-electron chi connectivity index (χ3n) is 2.70. The zero-order valence-corrected chi connectivity index (χ0v) is 9.78. The molecule has 0 atom stereocenters. The van der Waals surface area contributed by atoms with Gasteiger partial charge in [0.05, 0.1) is 0 Å². The summed E-state index contributed by atoms with van der Waals surface area (Å²) in [6.07, 6.45) is 0. The molecule has 0 saturated carbocycles. The van der Waals surface area contributed by atoms with Gasteiger partial charge in [-0.2, -0.15) is 0 Å². The van der Waals surface area contributed by atoms with Crippen LogP contribution >= 0.6 is 0 Å². The lowest BCUT2D eigenvalue weighted by Crippen LogP contribution is -2.02. The Balaban J connectivity index is 2.57. The van der Waals surface area contributed by atoms with Crippen LogP contribution in [0.5, 0.6) is 0 Å². The van der Waals surface area contributed by atoms with Gasteiger partial charge in [0.2, 0.25) is 0 Å². The van der Waals surface area contributed by atoms with E-state index in [0.717, 1.165) is 16.8 Å². The first-order valence-corrected chi connectivity index (χ1v) is 5.25. The van der Waals surface area contributed by atoms with Crippen molar-refractivity contribution in [3.05, 3.63) is 41.1 Å². The highest BCUT2D eigenvalue weighted by molar-refractivity contribution is 5.59. The first-order valence-electron chi connectivity index (χ1n) is 5.25. The standard InChI is InChI=1S/C13H15N3/c1-8-5-4-6-11(7-8)13-15-10(3)9(2)12(14)16-13/h4-7H,1-3H3,(H2,14,15,16). The molecule has 0 aliphatic carbocycles. The van der Waals surface area contributed by atoms with E-state index in [0.29, 0.717) is 11.6 Å². The maximum atomic E-state index is 5.85. The molecule has 0 radical (unpaired) electrons. The summed E-state index contributed by atoms with van der Waals surface area (Å²) in [5.41, 5.74) is 9.94. The number of rotatable bonds is 1. The van der Waals surface area contributed by atoms with E-state index in [1.54, 1.807) is 0 Å². The van der Waals surface area contributed by atoms with E-state index in [2.05, 4.69) is 16.0 Å². The number of benzene rings is 1. The third-order valence-corrected chi connectivity index (χ3v) is 2.70. The number of aromatic nitrogens is 2. The van der Waals surface area contributed by atoms with E-state index in [-0.39, 0.29) is 0 Å². The fourth-order valence-corrected chi connectivity index (χ4v) is 1.56. The Morgan fingerprint density at radius 2 is 1.81 bits per heavy atom. The first-order chi connectivity index (χ1) is 7.58. The molecule has 0 aliphatic rings. The van der Waals surface area contributed by atoms with E-state index < -0.39 is 0 Å². The minimum Gasteiger partial charge on any atom is -0.383 e. The van der Waals surface area contributed by atoms with Crippen molar-refractivity contribution in [2.75, 3.05) is 5.73 Å². The number of nitrogens with two attached hydrogens (primary N) is 1. The first kappa shape index (κ1) is 10.6. The largest absolute Gasteiger partial charge is 0.383 e. The van der Waals surface area contributed by atoms with Crippen LogP contribution in [0, 0.1) is 20.8 Å². The molecule has 0 bridgehead atoms. The number of nitrogen functional groups attached to an aromatic ring is 1. The van der Waals surface area contributed by atoms with E-state index >= 15 is 0 Å². The highest BCUT2D eigenvalue weighted by Crippen LogP contribution is 2.20. The number of hydrogen-bond donors (Lipinski definition) is 1. The average Bonchev–Trinajstić information content (AvgIpc) is 2.25. The second kappa shape index (κ2) is 3.93. The number of aryl methyl sites for hydroxylation is 2. The van der Waals surface area contributed by atoms with E-state index in [9.17, 15) is 0 Å². The highest BCUT2D eigenvalue weighted by atomic mass is 14.9. The van der Waals surface area contributed by atoms with Gasteiger partial charge in [-0.15, -0.1) is 0 Å². The molecule has 16 heavy (non-hydrogen) atoms. The van der Waals surface area contributed by atoms with Gasteiger partial charge in [0.1, 0.15) is 5.82 Å². The second-order valence-corrected chi connectivity index (χ2v) is 4.01. The molecule has 2 rings (SSSR count). The lowest BCUT2D eigenvalue weighted by atomic mass is 10.1. The SMILES string of the molecule is Cc1cccc(-c2nc(C)c(C)c(N)n2)c1. The van der Waals surface area contributed by atoms with Crippen LogP contribution in [-0.4, -0.2) is 9.97 Å². The van der Waals surface area contributed by atoms with Crippen molar-refractivity contribution < 1.29 is 0 Å². The van der Waals surface area contributed by atoms with Gasteiger partial charge < -0.3 is 5.73 Å². The Morgan fingerprint density at radius 3 is 2.44 bits per heavy atom. The van der Waals surface area contributed by atoms with Gasteiger partial charge in [-0.05, 0) is 26.8 Å². The van der Waals surface area contributed by atoms with Crippen molar-refractivity contribution in [2.45, 2.75) is 20.8 Å². The summed E-state index contributed by atoms with van der Waals surface area (Å²) < 4.78 is 0. The predicted octanol–water partition coefficient (Wildman–Crippen LogP) is 2.65. The van der Waals surface area contributed by atoms with Gasteiger partial charge in [0, 0.05) is 16.8 Å². The van der Waals surface area contributed by atoms with Crippen molar-refractivity contribution in [3.8, 4) is 11.4 Å². The molecule has 0 saturated heterocycles.